The van der Waals surface area contributed by atoms with E-state index < -0.39 is 0 Å². The zero-order valence-corrected chi connectivity index (χ0v) is 18.4. The summed E-state index contributed by atoms with van der Waals surface area (Å²) in [5, 5.41) is 6.00. The molecule has 0 aliphatic rings. The minimum Gasteiger partial charge on any atom is -0.493 e. The largest absolute Gasteiger partial charge is 0.493 e. The maximum absolute atomic E-state index is 12.2. The smallest absolute Gasteiger partial charge is 0.227 e. The highest BCUT2D eigenvalue weighted by molar-refractivity contribution is 7.13. The molecular weight excluding hydrogens is 404 g/mol. The molecule has 0 aliphatic heterocycles. The van der Waals surface area contributed by atoms with Gasteiger partial charge in [-0.15, -0.1) is 11.3 Å². The Hall–Kier alpha value is -3.44. The van der Waals surface area contributed by atoms with Crippen LogP contribution < -0.4 is 10.1 Å². The Morgan fingerprint density at radius 2 is 1.71 bits per heavy atom. The van der Waals surface area contributed by atoms with Crippen LogP contribution in [0.5, 0.6) is 5.75 Å². The topological polar surface area (TPSA) is 51.2 Å². The molecule has 1 N–H and O–H groups in total. The Morgan fingerprint density at radius 1 is 0.968 bits per heavy atom. The van der Waals surface area contributed by atoms with Crippen LogP contribution in [0.25, 0.3) is 21.8 Å². The molecule has 156 valence electrons. The van der Waals surface area contributed by atoms with Crippen LogP contribution in [0, 0.1) is 13.8 Å². The second-order valence-corrected chi connectivity index (χ2v) is 8.25. The van der Waals surface area contributed by atoms with Gasteiger partial charge in [-0.2, -0.15) is 0 Å². The summed E-state index contributed by atoms with van der Waals surface area (Å²) < 4.78 is 5.63. The van der Waals surface area contributed by atoms with E-state index in [2.05, 4.69) is 29.8 Å². The fraction of sp³-hybridized carbons (Fsp3) is 0.154. The second kappa shape index (κ2) is 9.58. The molecule has 1 amide bonds. The fourth-order valence-corrected chi connectivity index (χ4v) is 4.11. The molecule has 0 radical (unpaired) electrons. The number of amides is 1. The normalized spacial score (nSPS) is 10.6. The standard InChI is InChI=1S/C26H24N2O2S/c1-18-7-13-22(14-8-18)30-16-15-25(29)27-21-11-9-20(10-12-21)24-17-31-26(28-24)23-6-4-3-5-19(23)2/h3-14,17H,15-16H2,1-2H3,(H,27,29). The number of aryl methyl sites for hydroxylation is 2. The molecule has 1 heterocycles. The van der Waals surface area contributed by atoms with Crippen LogP contribution in [0.2, 0.25) is 0 Å². The van der Waals surface area contributed by atoms with Gasteiger partial charge in [0.1, 0.15) is 10.8 Å². The number of hydrogen-bond donors (Lipinski definition) is 1. The van der Waals surface area contributed by atoms with Crippen molar-refractivity contribution in [1.29, 1.82) is 0 Å². The van der Waals surface area contributed by atoms with E-state index in [1.54, 1.807) is 11.3 Å². The molecule has 5 heteroatoms. The molecule has 0 aliphatic carbocycles. The number of thiazole rings is 1. The van der Waals surface area contributed by atoms with Gasteiger partial charge < -0.3 is 10.1 Å². The van der Waals surface area contributed by atoms with E-state index in [1.165, 1.54) is 11.1 Å². The average Bonchev–Trinajstić information content (AvgIpc) is 3.26. The van der Waals surface area contributed by atoms with E-state index >= 15 is 0 Å². The summed E-state index contributed by atoms with van der Waals surface area (Å²) in [7, 11) is 0. The number of carbonyl (C=O) groups excluding carboxylic acids is 1. The molecule has 0 unspecified atom stereocenters. The van der Waals surface area contributed by atoms with Gasteiger partial charge in [0.25, 0.3) is 0 Å². The quantitative estimate of drug-likeness (QED) is 0.365. The summed E-state index contributed by atoms with van der Waals surface area (Å²) >= 11 is 1.64. The highest BCUT2D eigenvalue weighted by atomic mass is 32.1. The monoisotopic (exact) mass is 428 g/mol. The summed E-state index contributed by atoms with van der Waals surface area (Å²) in [6.45, 7) is 4.47. The SMILES string of the molecule is Cc1ccc(OCCC(=O)Nc2ccc(-c3csc(-c4ccccc4C)n3)cc2)cc1. The van der Waals surface area contributed by atoms with Gasteiger partial charge in [-0.05, 0) is 43.7 Å². The van der Waals surface area contributed by atoms with Crippen LogP contribution in [0.3, 0.4) is 0 Å². The number of aromatic nitrogens is 1. The van der Waals surface area contributed by atoms with Crippen LogP contribution in [0.1, 0.15) is 17.5 Å². The predicted molar refractivity (Wildman–Crippen MR) is 128 cm³/mol. The Kier molecular flexibility index (Phi) is 6.43. The molecule has 0 bridgehead atoms. The summed E-state index contributed by atoms with van der Waals surface area (Å²) in [6.07, 6.45) is 0.293. The average molecular weight is 429 g/mol. The van der Waals surface area contributed by atoms with Crippen molar-refractivity contribution in [3.05, 3.63) is 89.3 Å². The van der Waals surface area contributed by atoms with E-state index in [4.69, 9.17) is 9.72 Å². The summed E-state index contributed by atoms with van der Waals surface area (Å²) in [4.78, 5) is 17.0. The molecule has 0 saturated carbocycles. The molecule has 3 aromatic carbocycles. The molecule has 0 atom stereocenters. The van der Waals surface area contributed by atoms with Gasteiger partial charge in [0.2, 0.25) is 5.91 Å². The number of nitrogens with zero attached hydrogens (tertiary/aromatic N) is 1. The first-order valence-electron chi connectivity index (χ1n) is 10.2. The lowest BCUT2D eigenvalue weighted by Gasteiger charge is -2.08. The minimum absolute atomic E-state index is 0.0737. The number of hydrogen-bond acceptors (Lipinski definition) is 4. The molecule has 0 spiro atoms. The second-order valence-electron chi connectivity index (χ2n) is 7.39. The molecule has 0 fully saturated rings. The number of ether oxygens (including phenoxy) is 1. The zero-order chi connectivity index (χ0) is 21.6. The third kappa shape index (κ3) is 5.38. The molecule has 4 aromatic rings. The summed E-state index contributed by atoms with van der Waals surface area (Å²) in [6, 6.07) is 23.8. The van der Waals surface area contributed by atoms with Crippen molar-refractivity contribution < 1.29 is 9.53 Å². The van der Waals surface area contributed by atoms with E-state index in [9.17, 15) is 4.79 Å². The van der Waals surface area contributed by atoms with Gasteiger partial charge in [0.15, 0.2) is 0 Å². The Balaban J connectivity index is 1.32. The van der Waals surface area contributed by atoms with Crippen molar-refractivity contribution in [2.24, 2.45) is 0 Å². The van der Waals surface area contributed by atoms with Gasteiger partial charge in [-0.3, -0.25) is 4.79 Å². The van der Waals surface area contributed by atoms with E-state index in [-0.39, 0.29) is 5.91 Å². The first-order chi connectivity index (χ1) is 15.1. The number of rotatable bonds is 7. The lowest BCUT2D eigenvalue weighted by Crippen LogP contribution is -2.15. The number of benzene rings is 3. The summed E-state index contributed by atoms with van der Waals surface area (Å²) in [5.41, 5.74) is 6.28. The Bertz CT molecular complexity index is 1160. The molecule has 4 nitrogen and oxygen atoms in total. The Labute approximate surface area is 186 Å². The molecule has 4 rings (SSSR count). The lowest BCUT2D eigenvalue weighted by atomic mass is 10.1. The van der Waals surface area contributed by atoms with E-state index in [0.717, 1.165) is 33.3 Å². The molecule has 31 heavy (non-hydrogen) atoms. The third-order valence-electron chi connectivity index (χ3n) is 4.96. The van der Waals surface area contributed by atoms with Crippen LogP contribution in [0.4, 0.5) is 5.69 Å². The van der Waals surface area contributed by atoms with Crippen molar-refractivity contribution in [3.63, 3.8) is 0 Å². The van der Waals surface area contributed by atoms with Crippen molar-refractivity contribution in [3.8, 4) is 27.6 Å². The van der Waals surface area contributed by atoms with Gasteiger partial charge in [-0.1, -0.05) is 54.1 Å². The highest BCUT2D eigenvalue weighted by Gasteiger charge is 2.09. The van der Waals surface area contributed by atoms with Crippen molar-refractivity contribution in [2.45, 2.75) is 20.3 Å². The third-order valence-corrected chi connectivity index (χ3v) is 5.84. The maximum atomic E-state index is 12.2. The van der Waals surface area contributed by atoms with Gasteiger partial charge in [0.05, 0.1) is 18.7 Å². The van der Waals surface area contributed by atoms with Gasteiger partial charge in [-0.25, -0.2) is 4.98 Å². The molecule has 0 saturated heterocycles. The van der Waals surface area contributed by atoms with Crippen LogP contribution in [-0.2, 0) is 4.79 Å². The number of carbonyl (C=O) groups is 1. The Morgan fingerprint density at radius 3 is 2.45 bits per heavy atom. The van der Waals surface area contributed by atoms with Crippen LogP contribution in [0.15, 0.2) is 78.2 Å². The first kappa shape index (κ1) is 20.8. The van der Waals surface area contributed by atoms with Crippen molar-refractivity contribution in [2.75, 3.05) is 11.9 Å². The van der Waals surface area contributed by atoms with E-state index in [1.807, 2.05) is 67.6 Å². The first-order valence-corrected chi connectivity index (χ1v) is 11.1. The van der Waals surface area contributed by atoms with Crippen LogP contribution >= 0.6 is 11.3 Å². The maximum Gasteiger partial charge on any atom is 0.227 e. The highest BCUT2D eigenvalue weighted by Crippen LogP contribution is 2.31. The van der Waals surface area contributed by atoms with Gasteiger partial charge in [0, 0.05) is 22.2 Å². The van der Waals surface area contributed by atoms with Gasteiger partial charge >= 0.3 is 0 Å². The predicted octanol–water partition coefficient (Wildman–Crippen LogP) is 6.50. The fourth-order valence-electron chi connectivity index (χ4n) is 3.19. The van der Waals surface area contributed by atoms with E-state index in [0.29, 0.717) is 13.0 Å². The summed E-state index contributed by atoms with van der Waals surface area (Å²) in [5.74, 6) is 0.700. The molecule has 1 aromatic heterocycles. The minimum atomic E-state index is -0.0737. The number of nitrogens with one attached hydrogen (secondary N) is 1. The molecular formula is C26H24N2O2S. The lowest BCUT2D eigenvalue weighted by molar-refractivity contribution is -0.116. The van der Waals surface area contributed by atoms with Crippen LogP contribution in [-0.4, -0.2) is 17.5 Å². The zero-order valence-electron chi connectivity index (χ0n) is 17.6. The van der Waals surface area contributed by atoms with Crippen molar-refractivity contribution >= 4 is 22.9 Å². The van der Waals surface area contributed by atoms with Crippen molar-refractivity contribution in [1.82, 2.24) is 4.98 Å². The number of anilines is 1.